The van der Waals surface area contributed by atoms with Crippen LogP contribution in [0.5, 0.6) is 0 Å². The molecule has 0 heterocycles. The van der Waals surface area contributed by atoms with Crippen LogP contribution >= 0.6 is 23.2 Å². The summed E-state index contributed by atoms with van der Waals surface area (Å²) in [7, 11) is 0. The minimum absolute atomic E-state index is 0.346. The molecule has 2 rings (SSSR count). The molecule has 3 heteroatoms. The number of hydrogen-bond donors (Lipinski definition) is 0. The summed E-state index contributed by atoms with van der Waals surface area (Å²) in [6.45, 7) is 0. The van der Waals surface area contributed by atoms with Crippen LogP contribution in [-0.2, 0) is 4.79 Å². The van der Waals surface area contributed by atoms with Gasteiger partial charge >= 0.3 is 0 Å². The number of benzene rings is 2. The van der Waals surface area contributed by atoms with E-state index in [1.807, 2.05) is 30.3 Å². The molecule has 2 aromatic rings. The second kappa shape index (κ2) is 5.35. The standard InChI is InChI=1S/C14H10Cl2O/c15-11-7-5-10(6-8-11)13(9-17)12-3-1-2-4-14(12)16/h1-9,13H. The van der Waals surface area contributed by atoms with Crippen molar-refractivity contribution in [2.75, 3.05) is 0 Å². The van der Waals surface area contributed by atoms with Crippen LogP contribution in [0.25, 0.3) is 0 Å². The molecule has 17 heavy (non-hydrogen) atoms. The lowest BCUT2D eigenvalue weighted by molar-refractivity contribution is -0.108. The summed E-state index contributed by atoms with van der Waals surface area (Å²) in [6.07, 6.45) is 0.893. The lowest BCUT2D eigenvalue weighted by Crippen LogP contribution is -2.02. The Balaban J connectivity index is 2.44. The Labute approximate surface area is 110 Å². The maximum atomic E-state index is 11.3. The molecule has 0 spiro atoms. The summed E-state index contributed by atoms with van der Waals surface area (Å²) in [5.41, 5.74) is 1.70. The van der Waals surface area contributed by atoms with Gasteiger partial charge in [-0.25, -0.2) is 0 Å². The SMILES string of the molecule is O=CC(c1ccc(Cl)cc1)c1ccccc1Cl. The Morgan fingerprint density at radius 1 is 0.941 bits per heavy atom. The molecule has 0 aliphatic heterocycles. The summed E-state index contributed by atoms with van der Waals surface area (Å²) < 4.78 is 0. The first-order valence-corrected chi connectivity index (χ1v) is 5.93. The first kappa shape index (κ1) is 12.2. The van der Waals surface area contributed by atoms with Crippen molar-refractivity contribution in [1.82, 2.24) is 0 Å². The van der Waals surface area contributed by atoms with Crippen LogP contribution < -0.4 is 0 Å². The molecule has 0 saturated heterocycles. The lowest BCUT2D eigenvalue weighted by atomic mass is 9.93. The first-order valence-electron chi connectivity index (χ1n) is 5.17. The van der Waals surface area contributed by atoms with Gasteiger partial charge < -0.3 is 4.79 Å². The van der Waals surface area contributed by atoms with Gasteiger partial charge in [-0.1, -0.05) is 53.5 Å². The van der Waals surface area contributed by atoms with Crippen molar-refractivity contribution in [3.05, 3.63) is 69.7 Å². The Bertz CT molecular complexity index is 520. The zero-order valence-electron chi connectivity index (χ0n) is 8.94. The normalized spacial score (nSPS) is 12.1. The third-order valence-corrected chi connectivity index (χ3v) is 3.20. The van der Waals surface area contributed by atoms with Crippen LogP contribution in [0, 0.1) is 0 Å². The second-order valence-electron chi connectivity index (χ2n) is 3.69. The molecule has 0 aromatic heterocycles. The van der Waals surface area contributed by atoms with Gasteiger partial charge in [0, 0.05) is 10.0 Å². The van der Waals surface area contributed by atoms with Gasteiger partial charge in [-0.2, -0.15) is 0 Å². The number of carbonyl (C=O) groups excluding carboxylic acids is 1. The van der Waals surface area contributed by atoms with Crippen molar-refractivity contribution < 1.29 is 4.79 Å². The molecule has 0 aliphatic carbocycles. The van der Waals surface area contributed by atoms with Gasteiger partial charge in [-0.15, -0.1) is 0 Å². The summed E-state index contributed by atoms with van der Waals surface area (Å²) in [5.74, 6) is -0.346. The summed E-state index contributed by atoms with van der Waals surface area (Å²) in [5, 5.41) is 1.25. The fourth-order valence-electron chi connectivity index (χ4n) is 1.73. The quantitative estimate of drug-likeness (QED) is 0.755. The molecule has 0 radical (unpaired) electrons. The highest BCUT2D eigenvalue weighted by molar-refractivity contribution is 6.31. The third kappa shape index (κ3) is 2.68. The number of aldehydes is 1. The van der Waals surface area contributed by atoms with E-state index < -0.39 is 0 Å². The van der Waals surface area contributed by atoms with E-state index in [1.54, 1.807) is 18.2 Å². The van der Waals surface area contributed by atoms with E-state index in [-0.39, 0.29) is 5.92 Å². The molecular formula is C14H10Cl2O. The van der Waals surface area contributed by atoms with Gasteiger partial charge in [0.1, 0.15) is 6.29 Å². The van der Waals surface area contributed by atoms with E-state index in [2.05, 4.69) is 0 Å². The van der Waals surface area contributed by atoms with Gasteiger partial charge in [-0.3, -0.25) is 0 Å². The largest absolute Gasteiger partial charge is 0.302 e. The van der Waals surface area contributed by atoms with Gasteiger partial charge in [0.25, 0.3) is 0 Å². The molecule has 1 atom stereocenters. The van der Waals surface area contributed by atoms with Crippen molar-refractivity contribution in [2.45, 2.75) is 5.92 Å². The zero-order valence-corrected chi connectivity index (χ0v) is 10.4. The maximum absolute atomic E-state index is 11.3. The average molecular weight is 265 g/mol. The topological polar surface area (TPSA) is 17.1 Å². The molecule has 0 amide bonds. The van der Waals surface area contributed by atoms with Gasteiger partial charge in [0.05, 0.1) is 5.92 Å². The van der Waals surface area contributed by atoms with E-state index in [1.165, 1.54) is 0 Å². The van der Waals surface area contributed by atoms with Gasteiger partial charge in [0.2, 0.25) is 0 Å². The minimum atomic E-state index is -0.346. The van der Waals surface area contributed by atoms with Crippen LogP contribution in [-0.4, -0.2) is 6.29 Å². The predicted molar refractivity (Wildman–Crippen MR) is 70.8 cm³/mol. The minimum Gasteiger partial charge on any atom is -0.302 e. The molecule has 2 aromatic carbocycles. The Kier molecular flexibility index (Phi) is 3.82. The van der Waals surface area contributed by atoms with Crippen molar-refractivity contribution in [2.24, 2.45) is 0 Å². The monoisotopic (exact) mass is 264 g/mol. The van der Waals surface area contributed by atoms with Crippen molar-refractivity contribution >= 4 is 29.5 Å². The molecule has 0 N–H and O–H groups in total. The van der Waals surface area contributed by atoms with E-state index in [0.29, 0.717) is 10.0 Å². The molecule has 0 bridgehead atoms. The molecule has 86 valence electrons. The molecule has 0 fully saturated rings. The number of halogens is 2. The highest BCUT2D eigenvalue weighted by Crippen LogP contribution is 2.29. The molecule has 1 unspecified atom stereocenters. The molecule has 0 aliphatic rings. The van der Waals surface area contributed by atoms with E-state index in [0.717, 1.165) is 17.4 Å². The lowest BCUT2D eigenvalue weighted by Gasteiger charge is -2.12. The van der Waals surface area contributed by atoms with Gasteiger partial charge in [-0.05, 0) is 29.3 Å². The smallest absolute Gasteiger partial charge is 0.131 e. The predicted octanol–water partition coefficient (Wildman–Crippen LogP) is 4.32. The summed E-state index contributed by atoms with van der Waals surface area (Å²) >= 11 is 11.9. The first-order chi connectivity index (χ1) is 8.22. The van der Waals surface area contributed by atoms with Crippen molar-refractivity contribution in [3.63, 3.8) is 0 Å². The Hall–Kier alpha value is -1.31. The molecule has 0 saturated carbocycles. The second-order valence-corrected chi connectivity index (χ2v) is 4.53. The fraction of sp³-hybridized carbons (Fsp3) is 0.0714. The third-order valence-electron chi connectivity index (χ3n) is 2.61. The fourth-order valence-corrected chi connectivity index (χ4v) is 2.11. The van der Waals surface area contributed by atoms with Crippen molar-refractivity contribution in [3.8, 4) is 0 Å². The van der Waals surface area contributed by atoms with E-state index in [9.17, 15) is 4.79 Å². The van der Waals surface area contributed by atoms with Crippen LogP contribution in [0.4, 0.5) is 0 Å². The van der Waals surface area contributed by atoms with Gasteiger partial charge in [0.15, 0.2) is 0 Å². The van der Waals surface area contributed by atoms with E-state index >= 15 is 0 Å². The highest BCUT2D eigenvalue weighted by Gasteiger charge is 2.15. The highest BCUT2D eigenvalue weighted by atomic mass is 35.5. The van der Waals surface area contributed by atoms with Crippen LogP contribution in [0.1, 0.15) is 17.0 Å². The van der Waals surface area contributed by atoms with Crippen LogP contribution in [0.15, 0.2) is 48.5 Å². The molecule has 1 nitrogen and oxygen atoms in total. The molecular weight excluding hydrogens is 255 g/mol. The summed E-state index contributed by atoms with van der Waals surface area (Å²) in [4.78, 5) is 11.3. The number of hydrogen-bond acceptors (Lipinski definition) is 1. The number of carbonyl (C=O) groups is 1. The van der Waals surface area contributed by atoms with E-state index in [4.69, 9.17) is 23.2 Å². The maximum Gasteiger partial charge on any atom is 0.131 e. The average Bonchev–Trinajstić information content (AvgIpc) is 2.35. The zero-order chi connectivity index (χ0) is 12.3. The van der Waals surface area contributed by atoms with Crippen LogP contribution in [0.2, 0.25) is 10.0 Å². The van der Waals surface area contributed by atoms with Crippen molar-refractivity contribution in [1.29, 1.82) is 0 Å². The number of rotatable bonds is 3. The Morgan fingerprint density at radius 3 is 2.18 bits per heavy atom. The van der Waals surface area contributed by atoms with Crippen LogP contribution in [0.3, 0.4) is 0 Å². The Morgan fingerprint density at radius 2 is 1.59 bits per heavy atom. The summed E-state index contributed by atoms with van der Waals surface area (Å²) in [6, 6.07) is 14.6.